The molecule has 0 fully saturated rings. The Morgan fingerprint density at radius 3 is 2.39 bits per heavy atom. The number of hydrogen-bond acceptors (Lipinski definition) is 2. The van der Waals surface area contributed by atoms with Crippen LogP contribution in [-0.2, 0) is 11.3 Å². The Labute approximate surface area is 110 Å². The van der Waals surface area contributed by atoms with E-state index in [-0.39, 0.29) is 11.3 Å². The van der Waals surface area contributed by atoms with Crippen molar-refractivity contribution in [1.82, 2.24) is 5.32 Å². The van der Waals surface area contributed by atoms with E-state index in [0.29, 0.717) is 13.0 Å². The molecule has 3 heteroatoms. The number of amides is 1. The van der Waals surface area contributed by atoms with Crippen LogP contribution < -0.4 is 10.1 Å². The lowest BCUT2D eigenvalue weighted by molar-refractivity contribution is -0.123. The lowest BCUT2D eigenvalue weighted by Gasteiger charge is -2.21. The number of methoxy groups -OCH3 is 1. The maximum Gasteiger partial charge on any atom is 0.220 e. The number of hydrogen-bond donors (Lipinski definition) is 1. The summed E-state index contributed by atoms with van der Waals surface area (Å²) in [5.41, 5.74) is 1.16. The normalized spacial score (nSPS) is 11.1. The second-order valence-corrected chi connectivity index (χ2v) is 5.32. The van der Waals surface area contributed by atoms with Crippen LogP contribution in [0.2, 0.25) is 0 Å². The van der Waals surface area contributed by atoms with Gasteiger partial charge in [-0.25, -0.2) is 0 Å². The Morgan fingerprint density at radius 2 is 1.89 bits per heavy atom. The molecule has 3 nitrogen and oxygen atoms in total. The molecule has 0 spiro atoms. The highest BCUT2D eigenvalue weighted by Crippen LogP contribution is 2.24. The van der Waals surface area contributed by atoms with Crippen molar-refractivity contribution in [3.63, 3.8) is 0 Å². The number of rotatable bonds is 6. The Hall–Kier alpha value is -1.51. The van der Waals surface area contributed by atoms with Gasteiger partial charge in [-0.05, 0) is 23.1 Å². The molecule has 0 aliphatic rings. The van der Waals surface area contributed by atoms with E-state index < -0.39 is 0 Å². The molecule has 1 N–H and O–H groups in total. The molecule has 0 aliphatic carbocycles. The quantitative estimate of drug-likeness (QED) is 0.841. The van der Waals surface area contributed by atoms with Crippen LogP contribution in [0.1, 0.15) is 39.2 Å². The molecule has 18 heavy (non-hydrogen) atoms. The maximum absolute atomic E-state index is 11.8. The van der Waals surface area contributed by atoms with Crippen LogP contribution in [0.4, 0.5) is 0 Å². The van der Waals surface area contributed by atoms with Gasteiger partial charge in [-0.1, -0.05) is 39.3 Å². The third-order valence-electron chi connectivity index (χ3n) is 3.24. The summed E-state index contributed by atoms with van der Waals surface area (Å²) < 4.78 is 5.09. The molecule has 1 aromatic rings. The molecule has 0 bridgehead atoms. The third kappa shape index (κ3) is 4.78. The van der Waals surface area contributed by atoms with Crippen molar-refractivity contribution in [1.29, 1.82) is 0 Å². The van der Waals surface area contributed by atoms with Gasteiger partial charge in [0.05, 0.1) is 7.11 Å². The average Bonchev–Trinajstić information content (AvgIpc) is 2.36. The van der Waals surface area contributed by atoms with Gasteiger partial charge in [-0.2, -0.15) is 0 Å². The molecule has 0 radical (unpaired) electrons. The zero-order chi connectivity index (χ0) is 13.6. The fourth-order valence-corrected chi connectivity index (χ4v) is 1.57. The average molecular weight is 249 g/mol. The highest BCUT2D eigenvalue weighted by atomic mass is 16.5. The van der Waals surface area contributed by atoms with Gasteiger partial charge in [0.15, 0.2) is 0 Å². The first kappa shape index (κ1) is 14.6. The largest absolute Gasteiger partial charge is 0.497 e. The maximum atomic E-state index is 11.8. The predicted octanol–water partition coefficient (Wildman–Crippen LogP) is 3.14. The molecular weight excluding hydrogens is 226 g/mol. The fourth-order valence-electron chi connectivity index (χ4n) is 1.57. The summed E-state index contributed by atoms with van der Waals surface area (Å²) in [6, 6.07) is 7.73. The zero-order valence-electron chi connectivity index (χ0n) is 11.7. The molecule has 0 saturated carbocycles. The van der Waals surface area contributed by atoms with Crippen molar-refractivity contribution < 1.29 is 9.53 Å². The summed E-state index contributed by atoms with van der Waals surface area (Å²) in [7, 11) is 1.64. The van der Waals surface area contributed by atoms with Crippen molar-refractivity contribution in [3.05, 3.63) is 29.8 Å². The molecule has 0 aliphatic heterocycles. The van der Waals surface area contributed by atoms with Crippen LogP contribution in [0, 0.1) is 5.41 Å². The predicted molar refractivity (Wildman–Crippen MR) is 73.5 cm³/mol. The molecule has 1 amide bonds. The van der Waals surface area contributed by atoms with Crippen molar-refractivity contribution >= 4 is 5.91 Å². The zero-order valence-corrected chi connectivity index (χ0v) is 11.7. The minimum absolute atomic E-state index is 0.0734. The highest BCUT2D eigenvalue weighted by Gasteiger charge is 2.19. The third-order valence-corrected chi connectivity index (χ3v) is 3.24. The van der Waals surface area contributed by atoms with E-state index in [9.17, 15) is 4.79 Å². The first-order valence-electron chi connectivity index (χ1n) is 6.36. The van der Waals surface area contributed by atoms with Crippen LogP contribution in [0.3, 0.4) is 0 Å². The molecule has 0 aromatic heterocycles. The molecule has 0 atom stereocenters. The van der Waals surface area contributed by atoms with Gasteiger partial charge in [0.25, 0.3) is 0 Å². The van der Waals surface area contributed by atoms with E-state index in [0.717, 1.165) is 17.7 Å². The van der Waals surface area contributed by atoms with Crippen LogP contribution >= 0.6 is 0 Å². The highest BCUT2D eigenvalue weighted by molar-refractivity contribution is 5.76. The Bertz CT molecular complexity index is 382. The van der Waals surface area contributed by atoms with Gasteiger partial charge >= 0.3 is 0 Å². The molecular formula is C15H23NO2. The Kier molecular flexibility index (Phi) is 5.20. The van der Waals surface area contributed by atoms with Crippen LogP contribution in [0.15, 0.2) is 24.3 Å². The van der Waals surface area contributed by atoms with Crippen molar-refractivity contribution in [3.8, 4) is 5.75 Å². The van der Waals surface area contributed by atoms with Gasteiger partial charge in [-0.15, -0.1) is 0 Å². The van der Waals surface area contributed by atoms with Crippen LogP contribution in [0.25, 0.3) is 0 Å². The first-order chi connectivity index (χ1) is 8.46. The smallest absolute Gasteiger partial charge is 0.220 e. The van der Waals surface area contributed by atoms with E-state index >= 15 is 0 Å². The number of ether oxygens (including phenoxy) is 1. The topological polar surface area (TPSA) is 38.3 Å². The van der Waals surface area contributed by atoms with E-state index in [1.807, 2.05) is 24.3 Å². The minimum Gasteiger partial charge on any atom is -0.497 e. The van der Waals surface area contributed by atoms with Gasteiger partial charge in [0, 0.05) is 13.0 Å². The van der Waals surface area contributed by atoms with Gasteiger partial charge in [0.1, 0.15) is 5.75 Å². The standard InChI is InChI=1S/C15H23NO2/c1-5-15(2,3)10-14(17)16-11-12-6-8-13(18-4)9-7-12/h6-9H,5,10-11H2,1-4H3,(H,16,17). The van der Waals surface area contributed by atoms with Crippen molar-refractivity contribution in [2.24, 2.45) is 5.41 Å². The number of nitrogens with one attached hydrogen (secondary N) is 1. The summed E-state index contributed by atoms with van der Waals surface area (Å²) in [5.74, 6) is 0.940. The molecule has 1 rings (SSSR count). The molecule has 100 valence electrons. The van der Waals surface area contributed by atoms with Gasteiger partial charge in [0.2, 0.25) is 5.91 Å². The summed E-state index contributed by atoms with van der Waals surface area (Å²) >= 11 is 0. The monoisotopic (exact) mass is 249 g/mol. The summed E-state index contributed by atoms with van der Waals surface area (Å²) in [4.78, 5) is 11.8. The van der Waals surface area contributed by atoms with E-state index in [4.69, 9.17) is 4.74 Å². The van der Waals surface area contributed by atoms with Crippen LogP contribution in [0.5, 0.6) is 5.75 Å². The SMILES string of the molecule is CCC(C)(C)CC(=O)NCc1ccc(OC)cc1. The lowest BCUT2D eigenvalue weighted by atomic mass is 9.86. The second-order valence-electron chi connectivity index (χ2n) is 5.32. The van der Waals surface area contributed by atoms with E-state index in [1.165, 1.54) is 0 Å². The van der Waals surface area contributed by atoms with E-state index in [2.05, 4.69) is 26.1 Å². The number of benzene rings is 1. The first-order valence-corrected chi connectivity index (χ1v) is 6.36. The summed E-state index contributed by atoms with van der Waals surface area (Å²) in [6.45, 7) is 6.90. The Balaban J connectivity index is 2.42. The van der Waals surface area contributed by atoms with Crippen molar-refractivity contribution in [2.75, 3.05) is 7.11 Å². The Morgan fingerprint density at radius 1 is 1.28 bits per heavy atom. The van der Waals surface area contributed by atoms with Crippen molar-refractivity contribution in [2.45, 2.75) is 40.2 Å². The summed E-state index contributed by atoms with van der Waals surface area (Å²) in [5, 5.41) is 2.95. The molecule has 1 aromatic carbocycles. The molecule has 0 unspecified atom stereocenters. The van der Waals surface area contributed by atoms with E-state index in [1.54, 1.807) is 7.11 Å². The minimum atomic E-state index is 0.0734. The number of carbonyl (C=O) groups is 1. The fraction of sp³-hybridized carbons (Fsp3) is 0.533. The number of carbonyl (C=O) groups excluding carboxylic acids is 1. The lowest BCUT2D eigenvalue weighted by Crippen LogP contribution is -2.28. The molecule has 0 heterocycles. The van der Waals surface area contributed by atoms with Gasteiger partial charge in [-0.3, -0.25) is 4.79 Å². The van der Waals surface area contributed by atoms with Crippen LogP contribution in [-0.4, -0.2) is 13.0 Å². The summed E-state index contributed by atoms with van der Waals surface area (Å²) in [6.07, 6.45) is 1.57. The second kappa shape index (κ2) is 6.43. The molecule has 0 saturated heterocycles. The van der Waals surface area contributed by atoms with Gasteiger partial charge < -0.3 is 10.1 Å².